The Hall–Kier alpha value is -0.830. The van der Waals surface area contributed by atoms with Gasteiger partial charge in [0.25, 0.3) is 0 Å². The predicted octanol–water partition coefficient (Wildman–Crippen LogP) is 0.662. The summed E-state index contributed by atoms with van der Waals surface area (Å²) in [5.74, 6) is 2.09. The average Bonchev–Trinajstić information content (AvgIpc) is 2.74. The van der Waals surface area contributed by atoms with E-state index in [1.807, 2.05) is 0 Å². The first kappa shape index (κ1) is 9.71. The lowest BCUT2D eigenvalue weighted by atomic mass is 9.93. The molecule has 0 aliphatic heterocycles. The van der Waals surface area contributed by atoms with Gasteiger partial charge in [0.1, 0.15) is 0 Å². The lowest BCUT2D eigenvalue weighted by molar-refractivity contribution is -0.122. The summed E-state index contributed by atoms with van der Waals surface area (Å²) in [5, 5.41) is 2.91. The van der Waals surface area contributed by atoms with E-state index >= 15 is 0 Å². The van der Waals surface area contributed by atoms with Crippen molar-refractivity contribution in [2.24, 2.45) is 23.5 Å². The molecule has 0 spiro atoms. The zero-order chi connectivity index (χ0) is 10.1. The normalized spacial score (nSPS) is 36.0. The van der Waals surface area contributed by atoms with Gasteiger partial charge in [-0.15, -0.1) is 0 Å². The van der Waals surface area contributed by atoms with Crippen LogP contribution < -0.4 is 11.1 Å². The van der Waals surface area contributed by atoms with Crippen LogP contribution in [0.15, 0.2) is 12.2 Å². The number of hydrogen-bond donors (Lipinski definition) is 2. The fourth-order valence-corrected chi connectivity index (χ4v) is 2.52. The van der Waals surface area contributed by atoms with Gasteiger partial charge < -0.3 is 11.1 Å². The van der Waals surface area contributed by atoms with E-state index in [9.17, 15) is 4.79 Å². The predicted molar refractivity (Wildman–Crippen MR) is 55.5 cm³/mol. The zero-order valence-corrected chi connectivity index (χ0v) is 8.57. The fourth-order valence-electron chi connectivity index (χ4n) is 2.52. The van der Waals surface area contributed by atoms with Gasteiger partial charge >= 0.3 is 0 Å². The quantitative estimate of drug-likeness (QED) is 0.648. The van der Waals surface area contributed by atoms with E-state index in [4.69, 9.17) is 5.73 Å². The molecule has 14 heavy (non-hydrogen) atoms. The zero-order valence-electron chi connectivity index (χ0n) is 8.57. The number of nitrogens with two attached hydrogens (primary N) is 1. The van der Waals surface area contributed by atoms with Crippen LogP contribution in [-0.2, 0) is 4.79 Å². The molecule has 0 heterocycles. The molecular formula is C11H18N2O. The number of allylic oxidation sites excluding steroid dienone is 2. The first-order valence-corrected chi connectivity index (χ1v) is 5.38. The molecule has 3 heteroatoms. The van der Waals surface area contributed by atoms with Gasteiger partial charge in [-0.1, -0.05) is 12.2 Å². The van der Waals surface area contributed by atoms with Gasteiger partial charge in [0, 0.05) is 6.54 Å². The Balaban J connectivity index is 1.77. The van der Waals surface area contributed by atoms with Crippen LogP contribution in [0.3, 0.4) is 0 Å². The third-order valence-corrected chi connectivity index (χ3v) is 3.37. The minimum Gasteiger partial charge on any atom is -0.354 e. The first-order valence-electron chi connectivity index (χ1n) is 5.38. The topological polar surface area (TPSA) is 55.1 Å². The van der Waals surface area contributed by atoms with Gasteiger partial charge in [-0.2, -0.15) is 0 Å². The minimum atomic E-state index is -0.385. The Bertz CT molecular complexity index is 260. The number of hydrogen-bond acceptors (Lipinski definition) is 2. The number of carbonyl (C=O) groups is 1. The summed E-state index contributed by atoms with van der Waals surface area (Å²) < 4.78 is 0. The van der Waals surface area contributed by atoms with Crippen LogP contribution in [0.25, 0.3) is 0 Å². The van der Waals surface area contributed by atoms with Gasteiger partial charge in [-0.25, -0.2) is 0 Å². The lowest BCUT2D eigenvalue weighted by Gasteiger charge is -2.19. The molecule has 2 bridgehead atoms. The molecule has 0 aromatic heterocycles. The van der Waals surface area contributed by atoms with E-state index in [0.717, 1.165) is 12.5 Å². The molecule has 0 aromatic carbocycles. The lowest BCUT2D eigenvalue weighted by Crippen LogP contribution is -2.41. The highest BCUT2D eigenvalue weighted by atomic mass is 16.2. The van der Waals surface area contributed by atoms with Crippen molar-refractivity contribution in [3.05, 3.63) is 12.2 Å². The third kappa shape index (κ3) is 1.82. The molecule has 0 saturated heterocycles. The second-order valence-corrected chi connectivity index (χ2v) is 4.57. The van der Waals surface area contributed by atoms with E-state index in [2.05, 4.69) is 17.5 Å². The summed E-state index contributed by atoms with van der Waals surface area (Å²) in [6.07, 6.45) is 7.14. The van der Waals surface area contributed by atoms with E-state index in [1.54, 1.807) is 6.92 Å². The Morgan fingerprint density at radius 2 is 2.36 bits per heavy atom. The average molecular weight is 194 g/mol. The second kappa shape index (κ2) is 3.73. The van der Waals surface area contributed by atoms with E-state index in [0.29, 0.717) is 11.8 Å². The van der Waals surface area contributed by atoms with Crippen molar-refractivity contribution in [1.29, 1.82) is 0 Å². The largest absolute Gasteiger partial charge is 0.354 e. The molecule has 2 aliphatic carbocycles. The molecule has 3 nitrogen and oxygen atoms in total. The molecule has 78 valence electrons. The molecule has 2 aliphatic rings. The van der Waals surface area contributed by atoms with Gasteiger partial charge in [0.05, 0.1) is 6.04 Å². The summed E-state index contributed by atoms with van der Waals surface area (Å²) in [5.41, 5.74) is 5.47. The first-order chi connectivity index (χ1) is 6.66. The molecule has 1 amide bonds. The highest BCUT2D eigenvalue weighted by molar-refractivity contribution is 5.80. The fraction of sp³-hybridized carbons (Fsp3) is 0.727. The SMILES string of the molecule is C[C@H](N)C(=O)NC[C@@H]1C[C@H]2C=C[C@@H]1C2. The number of nitrogens with one attached hydrogen (secondary N) is 1. The van der Waals surface area contributed by atoms with E-state index in [-0.39, 0.29) is 11.9 Å². The van der Waals surface area contributed by atoms with Crippen LogP contribution >= 0.6 is 0 Å². The molecule has 3 N–H and O–H groups in total. The van der Waals surface area contributed by atoms with Crippen molar-refractivity contribution in [1.82, 2.24) is 5.32 Å². The molecule has 0 radical (unpaired) electrons. The molecular weight excluding hydrogens is 176 g/mol. The molecule has 1 saturated carbocycles. The summed E-state index contributed by atoms with van der Waals surface area (Å²) >= 11 is 0. The van der Waals surface area contributed by atoms with Crippen LogP contribution in [0.4, 0.5) is 0 Å². The number of carbonyl (C=O) groups excluding carboxylic acids is 1. The molecule has 0 aromatic rings. The van der Waals surface area contributed by atoms with Crippen LogP contribution in [0.5, 0.6) is 0 Å². The maximum atomic E-state index is 11.3. The van der Waals surface area contributed by atoms with Crippen LogP contribution in [-0.4, -0.2) is 18.5 Å². The van der Waals surface area contributed by atoms with Crippen molar-refractivity contribution in [3.63, 3.8) is 0 Å². The van der Waals surface area contributed by atoms with Crippen LogP contribution in [0.1, 0.15) is 19.8 Å². The monoisotopic (exact) mass is 194 g/mol. The van der Waals surface area contributed by atoms with Crippen molar-refractivity contribution in [3.8, 4) is 0 Å². The highest BCUT2D eigenvalue weighted by Crippen LogP contribution is 2.42. The van der Waals surface area contributed by atoms with Gasteiger partial charge in [0.15, 0.2) is 0 Å². The van der Waals surface area contributed by atoms with Gasteiger partial charge in [-0.05, 0) is 37.5 Å². The molecule has 1 fully saturated rings. The van der Waals surface area contributed by atoms with E-state index < -0.39 is 0 Å². The van der Waals surface area contributed by atoms with Gasteiger partial charge in [-0.3, -0.25) is 4.79 Å². The van der Waals surface area contributed by atoms with E-state index in [1.165, 1.54) is 12.8 Å². The molecule has 2 rings (SSSR count). The standard InChI is InChI=1S/C11H18N2O/c1-7(12)11(14)13-6-10-5-8-2-3-9(10)4-8/h2-3,7-10H,4-6,12H2,1H3,(H,13,14)/t7-,8-,9+,10-/m0/s1. The smallest absolute Gasteiger partial charge is 0.236 e. The maximum absolute atomic E-state index is 11.3. The summed E-state index contributed by atoms with van der Waals surface area (Å²) in [6, 6.07) is -0.385. The molecule has 4 atom stereocenters. The Morgan fingerprint density at radius 3 is 2.86 bits per heavy atom. The summed E-state index contributed by atoms with van der Waals surface area (Å²) in [7, 11) is 0. The van der Waals surface area contributed by atoms with Gasteiger partial charge in [0.2, 0.25) is 5.91 Å². The van der Waals surface area contributed by atoms with Crippen molar-refractivity contribution < 1.29 is 4.79 Å². The van der Waals surface area contributed by atoms with Crippen LogP contribution in [0.2, 0.25) is 0 Å². The number of fused-ring (bicyclic) bond motifs is 2. The Kier molecular flexibility index (Phi) is 2.59. The molecule has 0 unspecified atom stereocenters. The van der Waals surface area contributed by atoms with Crippen molar-refractivity contribution >= 4 is 5.91 Å². The Morgan fingerprint density at radius 1 is 1.57 bits per heavy atom. The second-order valence-electron chi connectivity index (χ2n) is 4.57. The Labute approximate surface area is 84.7 Å². The van der Waals surface area contributed by atoms with Crippen molar-refractivity contribution in [2.75, 3.05) is 6.54 Å². The maximum Gasteiger partial charge on any atom is 0.236 e. The highest BCUT2D eigenvalue weighted by Gasteiger charge is 2.35. The minimum absolute atomic E-state index is 0.0308. The van der Waals surface area contributed by atoms with Crippen molar-refractivity contribution in [2.45, 2.75) is 25.8 Å². The third-order valence-electron chi connectivity index (χ3n) is 3.37. The number of rotatable bonds is 3. The number of amides is 1. The summed E-state index contributed by atoms with van der Waals surface area (Å²) in [4.78, 5) is 11.3. The van der Waals surface area contributed by atoms with Crippen LogP contribution in [0, 0.1) is 17.8 Å². The summed E-state index contributed by atoms with van der Waals surface area (Å²) in [6.45, 7) is 2.52.